The predicted octanol–water partition coefficient (Wildman–Crippen LogP) is 3.08. The second-order valence-corrected chi connectivity index (χ2v) is 6.04. The van der Waals surface area contributed by atoms with Gasteiger partial charge < -0.3 is 14.8 Å². The van der Waals surface area contributed by atoms with Crippen LogP contribution >= 0.6 is 0 Å². The number of nitriles is 1. The van der Waals surface area contributed by atoms with Gasteiger partial charge in [-0.15, -0.1) is 0 Å². The number of hydrogen-bond acceptors (Lipinski definition) is 4. The number of amides is 1. The Morgan fingerprint density at radius 2 is 1.96 bits per heavy atom. The Labute approximate surface area is 135 Å². The molecule has 0 radical (unpaired) electrons. The third kappa shape index (κ3) is 3.48. The lowest BCUT2D eigenvalue weighted by atomic mass is 9.95. The first-order valence-electron chi connectivity index (χ1n) is 8.00. The molecule has 3 rings (SSSR count). The molecule has 2 aliphatic rings. The quantitative estimate of drug-likeness (QED) is 0.688. The second-order valence-electron chi connectivity index (χ2n) is 6.04. The van der Waals surface area contributed by atoms with Crippen molar-refractivity contribution in [3.05, 3.63) is 28.8 Å². The molecule has 1 saturated carbocycles. The first-order valence-corrected chi connectivity index (χ1v) is 8.00. The molecule has 0 saturated heterocycles. The minimum absolute atomic E-state index is 0.123. The van der Waals surface area contributed by atoms with Crippen LogP contribution < -0.4 is 14.8 Å². The van der Waals surface area contributed by atoms with Crippen molar-refractivity contribution in [2.24, 2.45) is 0 Å². The number of benzene rings is 1. The third-order valence-electron chi connectivity index (χ3n) is 4.37. The smallest absolute Gasteiger partial charge is 0.262 e. The van der Waals surface area contributed by atoms with Crippen molar-refractivity contribution >= 4 is 12.0 Å². The van der Waals surface area contributed by atoms with Gasteiger partial charge >= 0.3 is 0 Å². The van der Waals surface area contributed by atoms with Crippen LogP contribution in [0.2, 0.25) is 0 Å². The van der Waals surface area contributed by atoms with E-state index in [0.717, 1.165) is 36.8 Å². The summed E-state index contributed by atoms with van der Waals surface area (Å²) in [6, 6.07) is 5.87. The Morgan fingerprint density at radius 3 is 2.65 bits per heavy atom. The van der Waals surface area contributed by atoms with Gasteiger partial charge in [-0.1, -0.05) is 19.3 Å². The van der Waals surface area contributed by atoms with Crippen LogP contribution in [0.1, 0.15) is 43.2 Å². The Bertz CT molecular complexity index is 682. The zero-order chi connectivity index (χ0) is 16.2. The van der Waals surface area contributed by atoms with Gasteiger partial charge in [0.2, 0.25) is 6.79 Å². The molecule has 1 N–H and O–H groups in total. The van der Waals surface area contributed by atoms with Crippen molar-refractivity contribution in [1.29, 1.82) is 5.26 Å². The number of carbonyl (C=O) groups is 1. The van der Waals surface area contributed by atoms with Gasteiger partial charge in [0.15, 0.2) is 11.5 Å². The van der Waals surface area contributed by atoms with Crippen molar-refractivity contribution in [3.63, 3.8) is 0 Å². The maximum atomic E-state index is 12.3. The lowest BCUT2D eigenvalue weighted by Crippen LogP contribution is -2.36. The van der Waals surface area contributed by atoms with E-state index >= 15 is 0 Å². The molecule has 5 nitrogen and oxygen atoms in total. The van der Waals surface area contributed by atoms with E-state index in [-0.39, 0.29) is 24.3 Å². The van der Waals surface area contributed by atoms with Gasteiger partial charge in [-0.3, -0.25) is 4.79 Å². The Kier molecular flexibility index (Phi) is 4.52. The van der Waals surface area contributed by atoms with Crippen molar-refractivity contribution < 1.29 is 14.3 Å². The summed E-state index contributed by atoms with van der Waals surface area (Å²) in [6.07, 6.45) is 7.11. The van der Waals surface area contributed by atoms with Crippen LogP contribution in [-0.2, 0) is 4.79 Å². The Balaban J connectivity index is 1.78. The molecule has 120 valence electrons. The normalized spacial score (nSPS) is 17.7. The van der Waals surface area contributed by atoms with Crippen LogP contribution in [0.5, 0.6) is 11.5 Å². The molecule has 0 atom stereocenters. The monoisotopic (exact) mass is 312 g/mol. The van der Waals surface area contributed by atoms with E-state index in [9.17, 15) is 10.1 Å². The number of aryl methyl sites for hydroxylation is 1. The SMILES string of the molecule is Cc1cc2c(cc1/C=C(\C#N)C(=O)NC1CCCCC1)OCO2. The summed E-state index contributed by atoms with van der Waals surface area (Å²) < 4.78 is 10.7. The lowest BCUT2D eigenvalue weighted by molar-refractivity contribution is -0.117. The highest BCUT2D eigenvalue weighted by molar-refractivity contribution is 6.02. The van der Waals surface area contributed by atoms with E-state index in [4.69, 9.17) is 9.47 Å². The molecular formula is C18H20N2O3. The zero-order valence-corrected chi connectivity index (χ0v) is 13.2. The highest BCUT2D eigenvalue weighted by atomic mass is 16.7. The highest BCUT2D eigenvalue weighted by Gasteiger charge is 2.19. The zero-order valence-electron chi connectivity index (χ0n) is 13.2. The number of ether oxygens (including phenoxy) is 2. The molecule has 0 aromatic heterocycles. The minimum Gasteiger partial charge on any atom is -0.454 e. The fourth-order valence-electron chi connectivity index (χ4n) is 3.03. The molecule has 1 amide bonds. The molecule has 5 heteroatoms. The molecule has 1 aromatic rings. The van der Waals surface area contributed by atoms with Gasteiger partial charge in [-0.05, 0) is 49.1 Å². The molecule has 23 heavy (non-hydrogen) atoms. The van der Waals surface area contributed by atoms with E-state index in [2.05, 4.69) is 5.32 Å². The Morgan fingerprint density at radius 1 is 1.26 bits per heavy atom. The van der Waals surface area contributed by atoms with Gasteiger partial charge in [0.25, 0.3) is 5.91 Å². The summed E-state index contributed by atoms with van der Waals surface area (Å²) in [6.45, 7) is 2.12. The van der Waals surface area contributed by atoms with E-state index in [1.807, 2.05) is 25.1 Å². The molecule has 0 bridgehead atoms. The van der Waals surface area contributed by atoms with E-state index < -0.39 is 0 Å². The average molecular weight is 312 g/mol. The third-order valence-corrected chi connectivity index (χ3v) is 4.37. The van der Waals surface area contributed by atoms with Crippen LogP contribution in [0.3, 0.4) is 0 Å². The molecular weight excluding hydrogens is 292 g/mol. The summed E-state index contributed by atoms with van der Waals surface area (Å²) >= 11 is 0. The predicted molar refractivity (Wildman–Crippen MR) is 85.9 cm³/mol. The first-order chi connectivity index (χ1) is 11.2. The number of hydrogen-bond donors (Lipinski definition) is 1. The van der Waals surface area contributed by atoms with Crippen molar-refractivity contribution in [2.45, 2.75) is 45.1 Å². The van der Waals surface area contributed by atoms with Crippen LogP contribution in [0, 0.1) is 18.3 Å². The number of nitrogens with zero attached hydrogens (tertiary/aromatic N) is 1. The lowest BCUT2D eigenvalue weighted by Gasteiger charge is -2.22. The highest BCUT2D eigenvalue weighted by Crippen LogP contribution is 2.35. The first kappa shape index (κ1) is 15.4. The molecule has 0 unspecified atom stereocenters. The fraction of sp³-hybridized carbons (Fsp3) is 0.444. The second kappa shape index (κ2) is 6.74. The summed E-state index contributed by atoms with van der Waals surface area (Å²) in [7, 11) is 0. The fourth-order valence-corrected chi connectivity index (χ4v) is 3.03. The molecule has 1 aromatic carbocycles. The van der Waals surface area contributed by atoms with Crippen LogP contribution in [0.15, 0.2) is 17.7 Å². The number of nitrogens with one attached hydrogen (secondary N) is 1. The maximum absolute atomic E-state index is 12.3. The van der Waals surface area contributed by atoms with E-state index in [1.165, 1.54) is 6.42 Å². The average Bonchev–Trinajstić information content (AvgIpc) is 3.00. The van der Waals surface area contributed by atoms with Crippen LogP contribution in [0.4, 0.5) is 0 Å². The minimum atomic E-state index is -0.295. The summed E-state index contributed by atoms with van der Waals surface area (Å²) in [5, 5.41) is 12.3. The Hall–Kier alpha value is -2.48. The van der Waals surface area contributed by atoms with Crippen molar-refractivity contribution in [1.82, 2.24) is 5.32 Å². The summed E-state index contributed by atoms with van der Waals surface area (Å²) in [5.74, 6) is 1.05. The number of carbonyl (C=O) groups excluding carboxylic acids is 1. The van der Waals surface area contributed by atoms with E-state index in [0.29, 0.717) is 11.5 Å². The van der Waals surface area contributed by atoms with Crippen molar-refractivity contribution in [2.75, 3.05) is 6.79 Å². The van der Waals surface area contributed by atoms with Gasteiger partial charge in [0.1, 0.15) is 11.6 Å². The van der Waals surface area contributed by atoms with E-state index in [1.54, 1.807) is 6.08 Å². The van der Waals surface area contributed by atoms with Crippen LogP contribution in [-0.4, -0.2) is 18.7 Å². The van der Waals surface area contributed by atoms with Crippen molar-refractivity contribution in [3.8, 4) is 17.6 Å². The number of fused-ring (bicyclic) bond motifs is 1. The maximum Gasteiger partial charge on any atom is 0.262 e. The molecule has 0 spiro atoms. The van der Waals surface area contributed by atoms with Gasteiger partial charge in [0, 0.05) is 6.04 Å². The topological polar surface area (TPSA) is 71.4 Å². The number of rotatable bonds is 3. The van der Waals surface area contributed by atoms with Gasteiger partial charge in [-0.25, -0.2) is 0 Å². The molecule has 1 heterocycles. The largest absolute Gasteiger partial charge is 0.454 e. The summed E-state index contributed by atoms with van der Waals surface area (Å²) in [5.41, 5.74) is 1.86. The summed E-state index contributed by atoms with van der Waals surface area (Å²) in [4.78, 5) is 12.3. The van der Waals surface area contributed by atoms with Gasteiger partial charge in [0.05, 0.1) is 0 Å². The standard InChI is InChI=1S/C18H20N2O3/c1-12-7-16-17(23-11-22-16)9-13(12)8-14(10-19)18(21)20-15-5-3-2-4-6-15/h7-9,15H,2-6,11H2,1H3,(H,20,21)/b14-8+. The molecule has 1 fully saturated rings. The van der Waals surface area contributed by atoms with Gasteiger partial charge in [-0.2, -0.15) is 5.26 Å². The van der Waals surface area contributed by atoms with Crippen LogP contribution in [0.25, 0.3) is 6.08 Å². The molecule has 1 aliphatic heterocycles. The molecule has 1 aliphatic carbocycles.